The number of nitrogens with one attached hydrogen (secondary N) is 1. The summed E-state index contributed by atoms with van der Waals surface area (Å²) in [6.45, 7) is 0.423. The smallest absolute Gasteiger partial charge is 0.277 e. The minimum absolute atomic E-state index is 0.242. The number of hydrogen-bond acceptors (Lipinski definition) is 3. The fourth-order valence-electron chi connectivity index (χ4n) is 2.69. The van der Waals surface area contributed by atoms with E-state index < -0.39 is 0 Å². The lowest BCUT2D eigenvalue weighted by Gasteiger charge is -2.07. The van der Waals surface area contributed by atoms with Gasteiger partial charge in [0.05, 0.1) is 6.54 Å². The van der Waals surface area contributed by atoms with E-state index in [0.29, 0.717) is 33.3 Å². The fourth-order valence-corrected chi connectivity index (χ4v) is 3.36. The fraction of sp³-hybridized carbons (Fsp3) is 0.0556. The van der Waals surface area contributed by atoms with Crippen LogP contribution in [0.3, 0.4) is 0 Å². The molecule has 124 valence electrons. The summed E-state index contributed by atoms with van der Waals surface area (Å²) in [4.78, 5) is 24.4. The van der Waals surface area contributed by atoms with E-state index >= 15 is 0 Å². The largest absolute Gasteiger partial charge is 0.308 e. The molecule has 0 fully saturated rings. The van der Waals surface area contributed by atoms with Crippen LogP contribution in [0.5, 0.6) is 0 Å². The molecule has 0 aliphatic heterocycles. The van der Waals surface area contributed by atoms with Gasteiger partial charge in [-0.3, -0.25) is 4.79 Å². The van der Waals surface area contributed by atoms with Gasteiger partial charge in [0.2, 0.25) is 0 Å². The molecule has 0 amide bonds. The van der Waals surface area contributed by atoms with Crippen molar-refractivity contribution in [1.29, 1.82) is 0 Å². The van der Waals surface area contributed by atoms with Crippen molar-refractivity contribution < 1.29 is 0 Å². The van der Waals surface area contributed by atoms with Gasteiger partial charge in [0.25, 0.3) is 5.56 Å². The van der Waals surface area contributed by atoms with Crippen LogP contribution in [0.1, 0.15) is 5.56 Å². The van der Waals surface area contributed by atoms with Crippen molar-refractivity contribution >= 4 is 38.7 Å². The molecule has 0 bridgehead atoms. The second kappa shape index (κ2) is 6.46. The van der Waals surface area contributed by atoms with E-state index in [1.807, 2.05) is 54.6 Å². The molecule has 0 aliphatic carbocycles. The van der Waals surface area contributed by atoms with Crippen LogP contribution in [0.25, 0.3) is 22.6 Å². The van der Waals surface area contributed by atoms with Gasteiger partial charge >= 0.3 is 0 Å². The molecule has 0 spiro atoms. The maximum Gasteiger partial charge on any atom is 0.277 e. The molecule has 7 heteroatoms. The third-order valence-corrected chi connectivity index (χ3v) is 4.87. The molecule has 0 saturated heterocycles. The van der Waals surface area contributed by atoms with Crippen LogP contribution in [0, 0.1) is 0 Å². The van der Waals surface area contributed by atoms with Crippen LogP contribution < -0.4 is 5.56 Å². The molecule has 0 unspecified atom stereocenters. The average molecular weight is 416 g/mol. The standard InChI is InChI=1S/C18H12BrClN4O/c19-18-23-16-14(24(18)10-12-8-4-5-9-13(12)20)17(25)22-15(21-16)11-6-2-1-3-7-11/h1-9H,10H2,(H,21,22,25). The quantitative estimate of drug-likeness (QED) is 0.509. The first-order chi connectivity index (χ1) is 12.1. The minimum atomic E-state index is -0.242. The van der Waals surface area contributed by atoms with E-state index in [1.165, 1.54) is 0 Å². The summed E-state index contributed by atoms with van der Waals surface area (Å²) in [7, 11) is 0. The zero-order valence-electron chi connectivity index (χ0n) is 12.9. The van der Waals surface area contributed by atoms with Crippen LogP contribution in [-0.4, -0.2) is 19.5 Å². The molecule has 0 saturated carbocycles. The van der Waals surface area contributed by atoms with Crippen molar-refractivity contribution in [1.82, 2.24) is 19.5 Å². The normalized spacial score (nSPS) is 11.1. The van der Waals surface area contributed by atoms with Crippen LogP contribution in [-0.2, 0) is 6.54 Å². The Morgan fingerprint density at radius 3 is 2.52 bits per heavy atom. The summed E-state index contributed by atoms with van der Waals surface area (Å²) < 4.78 is 2.29. The van der Waals surface area contributed by atoms with Crippen molar-refractivity contribution in [2.45, 2.75) is 6.54 Å². The second-order valence-corrected chi connectivity index (χ2v) is 6.63. The second-order valence-electron chi connectivity index (χ2n) is 5.51. The molecular formula is C18H12BrClN4O. The highest BCUT2D eigenvalue weighted by molar-refractivity contribution is 9.10. The molecule has 1 N–H and O–H groups in total. The molecule has 4 aromatic rings. The third-order valence-electron chi connectivity index (χ3n) is 3.90. The predicted molar refractivity (Wildman–Crippen MR) is 102 cm³/mol. The highest BCUT2D eigenvalue weighted by atomic mass is 79.9. The molecule has 25 heavy (non-hydrogen) atoms. The Hall–Kier alpha value is -2.44. The number of nitrogens with zero attached hydrogens (tertiary/aromatic N) is 3. The summed E-state index contributed by atoms with van der Waals surface area (Å²) in [6.07, 6.45) is 0. The number of halogens is 2. The third kappa shape index (κ3) is 2.99. The van der Waals surface area contributed by atoms with Crippen molar-refractivity contribution in [3.63, 3.8) is 0 Å². The summed E-state index contributed by atoms with van der Waals surface area (Å²) in [6, 6.07) is 17.0. The predicted octanol–water partition coefficient (Wildman–Crippen LogP) is 4.25. The average Bonchev–Trinajstić information content (AvgIpc) is 2.93. The zero-order chi connectivity index (χ0) is 17.4. The van der Waals surface area contributed by atoms with Crippen molar-refractivity contribution in [2.24, 2.45) is 0 Å². The van der Waals surface area contributed by atoms with Gasteiger partial charge in [0, 0.05) is 10.6 Å². The van der Waals surface area contributed by atoms with E-state index in [0.717, 1.165) is 11.1 Å². The number of aromatic nitrogens is 4. The number of imidazole rings is 1. The molecule has 2 aromatic carbocycles. The Kier molecular flexibility index (Phi) is 4.15. The Balaban J connectivity index is 1.86. The Bertz CT molecular complexity index is 1120. The van der Waals surface area contributed by atoms with Gasteiger partial charge in [0.1, 0.15) is 5.82 Å². The van der Waals surface area contributed by atoms with Gasteiger partial charge in [-0.2, -0.15) is 0 Å². The highest BCUT2D eigenvalue weighted by Gasteiger charge is 2.16. The number of rotatable bonds is 3. The van der Waals surface area contributed by atoms with E-state index in [2.05, 4.69) is 30.9 Å². The maximum absolute atomic E-state index is 12.7. The minimum Gasteiger partial charge on any atom is -0.308 e. The Morgan fingerprint density at radius 2 is 1.76 bits per heavy atom. The summed E-state index contributed by atoms with van der Waals surface area (Å²) in [5.74, 6) is 0.494. The maximum atomic E-state index is 12.7. The van der Waals surface area contributed by atoms with E-state index in [-0.39, 0.29) is 5.56 Å². The lowest BCUT2D eigenvalue weighted by atomic mass is 10.2. The molecule has 5 nitrogen and oxygen atoms in total. The Labute approximate surface area is 156 Å². The molecule has 0 radical (unpaired) electrons. The first kappa shape index (κ1) is 16.1. The molecule has 0 aliphatic rings. The lowest BCUT2D eigenvalue weighted by Crippen LogP contribution is -2.14. The van der Waals surface area contributed by atoms with Gasteiger partial charge in [-0.05, 0) is 27.6 Å². The number of aromatic amines is 1. The van der Waals surface area contributed by atoms with Gasteiger partial charge in [-0.25, -0.2) is 9.97 Å². The van der Waals surface area contributed by atoms with Gasteiger partial charge in [-0.1, -0.05) is 60.1 Å². The number of benzene rings is 2. The first-order valence-electron chi connectivity index (χ1n) is 7.58. The van der Waals surface area contributed by atoms with Crippen molar-refractivity contribution in [3.8, 4) is 11.4 Å². The SMILES string of the molecule is O=c1[nH]c(-c2ccccc2)nc2nc(Br)n(Cc3ccccc3Cl)c12. The van der Waals surface area contributed by atoms with Crippen LogP contribution in [0.15, 0.2) is 64.1 Å². The highest BCUT2D eigenvalue weighted by Crippen LogP contribution is 2.23. The molecular weight excluding hydrogens is 404 g/mol. The van der Waals surface area contributed by atoms with Crippen molar-refractivity contribution in [2.75, 3.05) is 0 Å². The number of hydrogen-bond donors (Lipinski definition) is 1. The topological polar surface area (TPSA) is 63.6 Å². The van der Waals surface area contributed by atoms with E-state index in [9.17, 15) is 4.79 Å². The van der Waals surface area contributed by atoms with Gasteiger partial charge < -0.3 is 9.55 Å². The first-order valence-corrected chi connectivity index (χ1v) is 8.75. The number of H-pyrrole nitrogens is 1. The van der Waals surface area contributed by atoms with E-state index in [1.54, 1.807) is 4.57 Å². The molecule has 2 heterocycles. The molecule has 4 rings (SSSR count). The summed E-state index contributed by atoms with van der Waals surface area (Å²) in [5.41, 5.74) is 2.29. The van der Waals surface area contributed by atoms with Crippen LogP contribution in [0.4, 0.5) is 0 Å². The van der Waals surface area contributed by atoms with E-state index in [4.69, 9.17) is 11.6 Å². The zero-order valence-corrected chi connectivity index (χ0v) is 15.3. The number of fused-ring (bicyclic) bond motifs is 1. The van der Waals surface area contributed by atoms with Gasteiger partial charge in [-0.15, -0.1) is 0 Å². The monoisotopic (exact) mass is 414 g/mol. The Morgan fingerprint density at radius 1 is 1.04 bits per heavy atom. The van der Waals surface area contributed by atoms with Crippen LogP contribution in [0.2, 0.25) is 5.02 Å². The summed E-state index contributed by atoms with van der Waals surface area (Å²) in [5, 5.41) is 0.640. The van der Waals surface area contributed by atoms with Crippen molar-refractivity contribution in [3.05, 3.63) is 80.3 Å². The van der Waals surface area contributed by atoms with Crippen LogP contribution >= 0.6 is 27.5 Å². The summed E-state index contributed by atoms with van der Waals surface area (Å²) >= 11 is 9.66. The molecule has 0 atom stereocenters. The van der Waals surface area contributed by atoms with Gasteiger partial charge in [0.15, 0.2) is 15.9 Å². The lowest BCUT2D eigenvalue weighted by molar-refractivity contribution is 0.796. The molecule has 2 aromatic heterocycles.